The maximum absolute atomic E-state index is 12.6. The van der Waals surface area contributed by atoms with Crippen molar-refractivity contribution in [2.75, 3.05) is 0 Å². The summed E-state index contributed by atoms with van der Waals surface area (Å²) >= 11 is 1.75. The molecule has 0 unspecified atom stereocenters. The average molecular weight is 309 g/mol. The number of alkyl halides is 2. The van der Waals surface area contributed by atoms with Crippen LogP contribution in [0.4, 0.5) is 8.78 Å². The molecule has 0 saturated heterocycles. The zero-order valence-corrected chi connectivity index (χ0v) is 9.12. The number of hydrogen-bond donors (Lipinski definition) is 1. The van der Waals surface area contributed by atoms with E-state index in [2.05, 4.69) is 4.98 Å². The van der Waals surface area contributed by atoms with Crippen LogP contribution in [-0.2, 0) is 6.54 Å². The van der Waals surface area contributed by atoms with Gasteiger partial charge in [-0.25, -0.2) is 13.8 Å². The minimum Gasteiger partial charge on any atom is -0.326 e. The topological polar surface area (TPSA) is 62.7 Å². The molecule has 0 atom stereocenters. The van der Waals surface area contributed by atoms with Crippen LogP contribution in [0.1, 0.15) is 23.2 Å². The summed E-state index contributed by atoms with van der Waals surface area (Å²) in [6.45, 7) is 0.136. The van der Waals surface area contributed by atoms with Gasteiger partial charge in [-0.3, -0.25) is 0 Å². The molecular formula is C8H6F2IN3. The van der Waals surface area contributed by atoms with Gasteiger partial charge in [-0.2, -0.15) is 5.26 Å². The first-order chi connectivity index (χ1) is 6.61. The van der Waals surface area contributed by atoms with Crippen LogP contribution in [0.2, 0.25) is 0 Å². The summed E-state index contributed by atoms with van der Waals surface area (Å²) in [5.74, 6) is 0. The largest absolute Gasteiger partial charge is 0.326 e. The number of pyridine rings is 1. The molecule has 3 nitrogen and oxygen atoms in total. The second-order valence-corrected chi connectivity index (χ2v) is 3.56. The smallest absolute Gasteiger partial charge is 0.267 e. The van der Waals surface area contributed by atoms with Gasteiger partial charge in [-0.05, 0) is 28.2 Å². The fraction of sp³-hybridized carbons (Fsp3) is 0.250. The zero-order chi connectivity index (χ0) is 10.7. The first-order valence-corrected chi connectivity index (χ1v) is 4.75. The Hall–Kier alpha value is -0.810. The highest BCUT2D eigenvalue weighted by molar-refractivity contribution is 14.1. The molecule has 1 aromatic rings. The molecule has 0 amide bonds. The fourth-order valence-electron chi connectivity index (χ4n) is 0.976. The maximum atomic E-state index is 12.6. The lowest BCUT2D eigenvalue weighted by molar-refractivity contribution is 0.149. The van der Waals surface area contributed by atoms with Gasteiger partial charge < -0.3 is 5.73 Å². The summed E-state index contributed by atoms with van der Waals surface area (Å²) in [6.07, 6.45) is -1.35. The summed E-state index contributed by atoms with van der Waals surface area (Å²) in [6, 6.07) is 1.63. The SMILES string of the molecule is N#Cc1ncc(CN)c(I)c1C(F)F. The Morgan fingerprint density at radius 3 is 2.71 bits per heavy atom. The van der Waals surface area contributed by atoms with E-state index in [-0.39, 0.29) is 17.8 Å². The molecule has 1 heterocycles. The molecule has 14 heavy (non-hydrogen) atoms. The van der Waals surface area contributed by atoms with Crippen LogP contribution in [0, 0.1) is 14.9 Å². The quantitative estimate of drug-likeness (QED) is 0.849. The van der Waals surface area contributed by atoms with Gasteiger partial charge in [0.05, 0.1) is 5.56 Å². The third kappa shape index (κ3) is 1.99. The molecule has 0 saturated carbocycles. The highest BCUT2D eigenvalue weighted by Gasteiger charge is 2.20. The van der Waals surface area contributed by atoms with Crippen molar-refractivity contribution < 1.29 is 8.78 Å². The van der Waals surface area contributed by atoms with Crippen molar-refractivity contribution in [3.05, 3.63) is 26.6 Å². The summed E-state index contributed by atoms with van der Waals surface area (Å²) in [4.78, 5) is 3.62. The van der Waals surface area contributed by atoms with Crippen LogP contribution in [0.5, 0.6) is 0 Å². The van der Waals surface area contributed by atoms with Crippen LogP contribution >= 0.6 is 22.6 Å². The number of nitrogens with zero attached hydrogens (tertiary/aromatic N) is 2. The van der Waals surface area contributed by atoms with E-state index in [1.165, 1.54) is 6.20 Å². The predicted octanol–water partition coefficient (Wildman–Crippen LogP) is 1.95. The van der Waals surface area contributed by atoms with E-state index in [1.807, 2.05) is 0 Å². The summed E-state index contributed by atoms with van der Waals surface area (Å²) in [5, 5.41) is 8.57. The lowest BCUT2D eigenvalue weighted by Crippen LogP contribution is -2.06. The standard InChI is InChI=1S/C8H6F2IN3/c9-8(10)6-5(2-13)14-3-4(1-12)7(6)11/h3,8H,1,12H2. The van der Waals surface area contributed by atoms with Crippen molar-refractivity contribution >= 4 is 22.6 Å². The van der Waals surface area contributed by atoms with Crippen molar-refractivity contribution in [2.24, 2.45) is 5.73 Å². The minimum absolute atomic E-state index is 0.136. The Bertz CT molecular complexity index is 387. The van der Waals surface area contributed by atoms with E-state index >= 15 is 0 Å². The Kier molecular flexibility index (Phi) is 3.71. The third-order valence-electron chi connectivity index (χ3n) is 1.67. The van der Waals surface area contributed by atoms with Crippen LogP contribution in [-0.4, -0.2) is 4.98 Å². The van der Waals surface area contributed by atoms with E-state index < -0.39 is 6.43 Å². The molecular weight excluding hydrogens is 303 g/mol. The van der Waals surface area contributed by atoms with Crippen molar-refractivity contribution in [1.29, 1.82) is 5.26 Å². The molecule has 0 aliphatic rings. The molecule has 6 heteroatoms. The van der Waals surface area contributed by atoms with Gasteiger partial charge in [0.2, 0.25) is 0 Å². The van der Waals surface area contributed by atoms with E-state index in [1.54, 1.807) is 28.7 Å². The molecule has 0 radical (unpaired) electrons. The van der Waals surface area contributed by atoms with Crippen LogP contribution in [0.3, 0.4) is 0 Å². The molecule has 0 aliphatic carbocycles. The Labute approximate surface area is 93.1 Å². The van der Waals surface area contributed by atoms with Crippen molar-refractivity contribution in [1.82, 2.24) is 4.98 Å². The maximum Gasteiger partial charge on any atom is 0.267 e. The zero-order valence-electron chi connectivity index (χ0n) is 6.97. The Morgan fingerprint density at radius 2 is 2.29 bits per heavy atom. The molecule has 0 spiro atoms. The van der Waals surface area contributed by atoms with E-state index in [4.69, 9.17) is 11.0 Å². The van der Waals surface area contributed by atoms with Gasteiger partial charge in [-0.15, -0.1) is 0 Å². The lowest BCUT2D eigenvalue weighted by atomic mass is 10.1. The van der Waals surface area contributed by atoms with Crippen LogP contribution < -0.4 is 5.73 Å². The van der Waals surface area contributed by atoms with Crippen LogP contribution in [0.15, 0.2) is 6.20 Å². The first-order valence-electron chi connectivity index (χ1n) is 3.67. The van der Waals surface area contributed by atoms with Crippen molar-refractivity contribution in [3.8, 4) is 6.07 Å². The molecule has 1 aromatic heterocycles. The second kappa shape index (κ2) is 4.61. The highest BCUT2D eigenvalue weighted by Crippen LogP contribution is 2.28. The van der Waals surface area contributed by atoms with Crippen LogP contribution in [0.25, 0.3) is 0 Å². The second-order valence-electron chi connectivity index (χ2n) is 2.48. The molecule has 0 aliphatic heterocycles. The number of nitriles is 1. The minimum atomic E-state index is -2.70. The molecule has 0 bridgehead atoms. The average Bonchev–Trinajstić information content (AvgIpc) is 2.16. The lowest BCUT2D eigenvalue weighted by Gasteiger charge is -2.08. The predicted molar refractivity (Wildman–Crippen MR) is 54.5 cm³/mol. The molecule has 0 fully saturated rings. The molecule has 0 aromatic carbocycles. The number of rotatable bonds is 2. The number of hydrogen-bond acceptors (Lipinski definition) is 3. The normalized spacial score (nSPS) is 10.3. The number of nitrogens with two attached hydrogens (primary N) is 1. The molecule has 74 valence electrons. The highest BCUT2D eigenvalue weighted by atomic mass is 127. The third-order valence-corrected chi connectivity index (χ3v) is 2.94. The van der Waals surface area contributed by atoms with E-state index in [0.717, 1.165) is 0 Å². The monoisotopic (exact) mass is 309 g/mol. The van der Waals surface area contributed by atoms with Gasteiger partial charge in [0.15, 0.2) is 0 Å². The Morgan fingerprint density at radius 1 is 1.64 bits per heavy atom. The Balaban J connectivity index is 3.41. The van der Waals surface area contributed by atoms with Gasteiger partial charge in [0.1, 0.15) is 11.8 Å². The van der Waals surface area contributed by atoms with Gasteiger partial charge in [0.25, 0.3) is 6.43 Å². The molecule has 2 N–H and O–H groups in total. The summed E-state index contributed by atoms with van der Waals surface area (Å²) in [5.41, 5.74) is 5.31. The van der Waals surface area contributed by atoms with Gasteiger partial charge in [0, 0.05) is 16.3 Å². The van der Waals surface area contributed by atoms with Crippen molar-refractivity contribution in [2.45, 2.75) is 13.0 Å². The number of halogens is 3. The summed E-state index contributed by atoms with van der Waals surface area (Å²) < 4.78 is 25.4. The van der Waals surface area contributed by atoms with Crippen molar-refractivity contribution in [3.63, 3.8) is 0 Å². The first kappa shape index (κ1) is 11.3. The summed E-state index contributed by atoms with van der Waals surface area (Å²) in [7, 11) is 0. The molecule has 1 rings (SSSR count). The van der Waals surface area contributed by atoms with E-state index in [9.17, 15) is 8.78 Å². The van der Waals surface area contributed by atoms with Gasteiger partial charge >= 0.3 is 0 Å². The van der Waals surface area contributed by atoms with Gasteiger partial charge in [-0.1, -0.05) is 0 Å². The fourth-order valence-corrected chi connectivity index (χ4v) is 1.83. The number of aromatic nitrogens is 1. The van der Waals surface area contributed by atoms with E-state index in [0.29, 0.717) is 9.13 Å².